The standard InChI is InChI=1S/C12H17NO/c1-9-7-8-13-12(9)10-5-3-4-6-11(10)14-2/h3-6,9,12-13H,7-8H2,1-2H3/t9-,12-/m1/s1. The number of nitrogens with one attached hydrogen (secondary N) is 1. The molecular formula is C12H17NO. The van der Waals surface area contributed by atoms with E-state index in [4.69, 9.17) is 4.74 Å². The zero-order valence-corrected chi connectivity index (χ0v) is 8.79. The van der Waals surface area contributed by atoms with E-state index in [0.717, 1.165) is 12.3 Å². The van der Waals surface area contributed by atoms with Gasteiger partial charge in [0.15, 0.2) is 0 Å². The van der Waals surface area contributed by atoms with Crippen molar-refractivity contribution < 1.29 is 4.74 Å². The van der Waals surface area contributed by atoms with Crippen molar-refractivity contribution in [2.45, 2.75) is 19.4 Å². The molecule has 0 aliphatic carbocycles. The maximum absolute atomic E-state index is 5.37. The Morgan fingerprint density at radius 3 is 2.79 bits per heavy atom. The fraction of sp³-hybridized carbons (Fsp3) is 0.500. The summed E-state index contributed by atoms with van der Waals surface area (Å²) in [5.41, 5.74) is 1.29. The van der Waals surface area contributed by atoms with Crippen molar-refractivity contribution in [3.8, 4) is 5.75 Å². The Hall–Kier alpha value is -1.02. The Kier molecular flexibility index (Phi) is 2.73. The molecule has 2 atom stereocenters. The van der Waals surface area contributed by atoms with Crippen LogP contribution in [0.4, 0.5) is 0 Å². The first kappa shape index (κ1) is 9.53. The highest BCUT2D eigenvalue weighted by Crippen LogP contribution is 2.34. The molecule has 1 saturated heterocycles. The lowest BCUT2D eigenvalue weighted by atomic mass is 9.95. The first-order chi connectivity index (χ1) is 6.83. The topological polar surface area (TPSA) is 21.3 Å². The van der Waals surface area contributed by atoms with Crippen molar-refractivity contribution in [2.75, 3.05) is 13.7 Å². The molecule has 2 nitrogen and oxygen atoms in total. The van der Waals surface area contributed by atoms with Gasteiger partial charge in [-0.05, 0) is 24.9 Å². The van der Waals surface area contributed by atoms with Crippen LogP contribution in [0.15, 0.2) is 24.3 Å². The third-order valence-corrected chi connectivity index (χ3v) is 3.01. The van der Waals surface area contributed by atoms with Crippen molar-refractivity contribution in [3.05, 3.63) is 29.8 Å². The van der Waals surface area contributed by atoms with E-state index in [1.165, 1.54) is 12.0 Å². The number of rotatable bonds is 2. The first-order valence-electron chi connectivity index (χ1n) is 5.19. The molecule has 76 valence electrons. The van der Waals surface area contributed by atoms with Gasteiger partial charge in [-0.1, -0.05) is 25.1 Å². The number of hydrogen-bond donors (Lipinski definition) is 1. The summed E-state index contributed by atoms with van der Waals surface area (Å²) < 4.78 is 5.37. The second kappa shape index (κ2) is 4.01. The predicted octanol–water partition coefficient (Wildman–Crippen LogP) is 2.37. The summed E-state index contributed by atoms with van der Waals surface area (Å²) in [5.74, 6) is 1.70. The predicted molar refractivity (Wildman–Crippen MR) is 57.5 cm³/mol. The smallest absolute Gasteiger partial charge is 0.123 e. The van der Waals surface area contributed by atoms with Crippen LogP contribution in [0.1, 0.15) is 24.9 Å². The van der Waals surface area contributed by atoms with Crippen molar-refractivity contribution in [1.82, 2.24) is 5.32 Å². The summed E-state index contributed by atoms with van der Waals surface area (Å²) in [6, 6.07) is 8.73. The fourth-order valence-electron chi connectivity index (χ4n) is 2.17. The summed E-state index contributed by atoms with van der Waals surface area (Å²) in [7, 11) is 1.73. The molecule has 14 heavy (non-hydrogen) atoms. The number of para-hydroxylation sites is 1. The Morgan fingerprint density at radius 1 is 1.36 bits per heavy atom. The zero-order valence-electron chi connectivity index (χ0n) is 8.79. The van der Waals surface area contributed by atoms with Gasteiger partial charge in [-0.2, -0.15) is 0 Å². The molecule has 0 aromatic heterocycles. The van der Waals surface area contributed by atoms with Crippen LogP contribution >= 0.6 is 0 Å². The van der Waals surface area contributed by atoms with E-state index in [2.05, 4.69) is 24.4 Å². The van der Waals surface area contributed by atoms with Gasteiger partial charge in [0.05, 0.1) is 7.11 Å². The average Bonchev–Trinajstić information content (AvgIpc) is 2.64. The minimum atomic E-state index is 0.464. The van der Waals surface area contributed by atoms with E-state index in [1.807, 2.05) is 12.1 Å². The molecule has 1 heterocycles. The van der Waals surface area contributed by atoms with Crippen molar-refractivity contribution >= 4 is 0 Å². The normalized spacial score (nSPS) is 26.4. The summed E-state index contributed by atoms with van der Waals surface area (Å²) in [5, 5.41) is 3.52. The second-order valence-electron chi connectivity index (χ2n) is 3.94. The minimum absolute atomic E-state index is 0.464. The SMILES string of the molecule is COc1ccccc1[C@@H]1NCC[C@H]1C. The second-order valence-corrected chi connectivity index (χ2v) is 3.94. The molecule has 1 aromatic carbocycles. The van der Waals surface area contributed by atoms with Crippen LogP contribution < -0.4 is 10.1 Å². The Bertz CT molecular complexity index is 311. The fourth-order valence-corrected chi connectivity index (χ4v) is 2.17. The molecule has 0 radical (unpaired) electrons. The van der Waals surface area contributed by atoms with Gasteiger partial charge in [-0.25, -0.2) is 0 Å². The van der Waals surface area contributed by atoms with Gasteiger partial charge in [0.2, 0.25) is 0 Å². The third-order valence-electron chi connectivity index (χ3n) is 3.01. The Morgan fingerprint density at radius 2 is 2.14 bits per heavy atom. The highest BCUT2D eigenvalue weighted by atomic mass is 16.5. The lowest BCUT2D eigenvalue weighted by Gasteiger charge is -2.18. The van der Waals surface area contributed by atoms with Crippen molar-refractivity contribution in [2.24, 2.45) is 5.92 Å². The van der Waals surface area contributed by atoms with Crippen LogP contribution in [0, 0.1) is 5.92 Å². The average molecular weight is 191 g/mol. The van der Waals surface area contributed by atoms with E-state index in [-0.39, 0.29) is 0 Å². The van der Waals surface area contributed by atoms with Crippen LogP contribution in [0.3, 0.4) is 0 Å². The Labute approximate surface area is 85.3 Å². The van der Waals surface area contributed by atoms with E-state index >= 15 is 0 Å². The van der Waals surface area contributed by atoms with Crippen molar-refractivity contribution in [3.63, 3.8) is 0 Å². The molecule has 1 N–H and O–H groups in total. The minimum Gasteiger partial charge on any atom is -0.496 e. The van der Waals surface area contributed by atoms with Gasteiger partial charge in [-0.15, -0.1) is 0 Å². The zero-order chi connectivity index (χ0) is 9.97. The molecule has 0 bridgehead atoms. The summed E-state index contributed by atoms with van der Waals surface area (Å²) in [6.07, 6.45) is 1.25. The lowest BCUT2D eigenvalue weighted by Crippen LogP contribution is -2.17. The molecule has 1 aliphatic rings. The van der Waals surface area contributed by atoms with Gasteiger partial charge in [0.1, 0.15) is 5.75 Å². The number of benzene rings is 1. The maximum atomic E-state index is 5.37. The van der Waals surface area contributed by atoms with Gasteiger partial charge in [-0.3, -0.25) is 0 Å². The third kappa shape index (κ3) is 1.62. The van der Waals surface area contributed by atoms with Gasteiger partial charge in [0.25, 0.3) is 0 Å². The lowest BCUT2D eigenvalue weighted by molar-refractivity contribution is 0.394. The number of ether oxygens (including phenoxy) is 1. The van der Waals surface area contributed by atoms with Crippen LogP contribution in [-0.4, -0.2) is 13.7 Å². The highest BCUT2D eigenvalue weighted by molar-refractivity contribution is 5.36. The quantitative estimate of drug-likeness (QED) is 0.775. The molecule has 0 amide bonds. The van der Waals surface area contributed by atoms with Crippen LogP contribution in [0.2, 0.25) is 0 Å². The molecule has 0 saturated carbocycles. The molecule has 2 rings (SSSR count). The molecule has 0 unspecified atom stereocenters. The van der Waals surface area contributed by atoms with E-state index < -0.39 is 0 Å². The summed E-state index contributed by atoms with van der Waals surface area (Å²) in [4.78, 5) is 0. The molecular weight excluding hydrogens is 174 g/mol. The van der Waals surface area contributed by atoms with Crippen LogP contribution in [0.25, 0.3) is 0 Å². The van der Waals surface area contributed by atoms with Gasteiger partial charge >= 0.3 is 0 Å². The highest BCUT2D eigenvalue weighted by Gasteiger charge is 2.26. The molecule has 1 aliphatic heterocycles. The maximum Gasteiger partial charge on any atom is 0.123 e. The van der Waals surface area contributed by atoms with E-state index in [1.54, 1.807) is 7.11 Å². The molecule has 1 fully saturated rings. The molecule has 2 heteroatoms. The van der Waals surface area contributed by atoms with Gasteiger partial charge in [0, 0.05) is 11.6 Å². The number of hydrogen-bond acceptors (Lipinski definition) is 2. The van der Waals surface area contributed by atoms with Crippen molar-refractivity contribution in [1.29, 1.82) is 0 Å². The monoisotopic (exact) mass is 191 g/mol. The van der Waals surface area contributed by atoms with E-state index in [9.17, 15) is 0 Å². The first-order valence-corrected chi connectivity index (χ1v) is 5.19. The molecule has 1 aromatic rings. The van der Waals surface area contributed by atoms with Crippen LogP contribution in [-0.2, 0) is 0 Å². The summed E-state index contributed by atoms with van der Waals surface area (Å²) >= 11 is 0. The number of methoxy groups -OCH3 is 1. The Balaban J connectivity index is 2.30. The van der Waals surface area contributed by atoms with E-state index in [0.29, 0.717) is 12.0 Å². The van der Waals surface area contributed by atoms with Crippen LogP contribution in [0.5, 0.6) is 5.75 Å². The van der Waals surface area contributed by atoms with Gasteiger partial charge < -0.3 is 10.1 Å². The molecule has 0 spiro atoms. The summed E-state index contributed by atoms with van der Waals surface area (Å²) in [6.45, 7) is 3.40. The largest absolute Gasteiger partial charge is 0.496 e.